The summed E-state index contributed by atoms with van der Waals surface area (Å²) in [5, 5.41) is 12.3. The van der Waals surface area contributed by atoms with Gasteiger partial charge in [-0.2, -0.15) is 0 Å². The maximum atomic E-state index is 11.3. The minimum atomic E-state index is -0.915. The summed E-state index contributed by atoms with van der Waals surface area (Å²) in [6.45, 7) is 1.36. The van der Waals surface area contributed by atoms with E-state index in [4.69, 9.17) is 4.98 Å². The van der Waals surface area contributed by atoms with Crippen molar-refractivity contribution in [3.8, 4) is 21.7 Å². The summed E-state index contributed by atoms with van der Waals surface area (Å²) < 4.78 is 0. The molecular weight excluding hydrogens is 460 g/mol. The number of thiophene rings is 1. The summed E-state index contributed by atoms with van der Waals surface area (Å²) in [7, 11) is 0. The first-order valence-corrected chi connectivity index (χ1v) is 12.6. The number of hydrogen-bond acceptors (Lipinski definition) is 5. The molecule has 0 spiro atoms. The van der Waals surface area contributed by atoms with Crippen LogP contribution in [0.1, 0.15) is 20.8 Å². The average molecular weight is 483 g/mol. The number of carboxylic acids is 1. The van der Waals surface area contributed by atoms with Gasteiger partial charge in [-0.15, -0.1) is 11.3 Å². The Bertz CT molecular complexity index is 1310. The lowest BCUT2D eigenvalue weighted by molar-refractivity contribution is 0.0697. The number of aromatic nitrogens is 1. The van der Waals surface area contributed by atoms with Crippen LogP contribution in [0.3, 0.4) is 0 Å². The van der Waals surface area contributed by atoms with Crippen molar-refractivity contribution in [2.24, 2.45) is 0 Å². The third kappa shape index (κ3) is 4.93. The van der Waals surface area contributed by atoms with Crippen LogP contribution in [0.25, 0.3) is 21.7 Å². The van der Waals surface area contributed by atoms with E-state index in [0.717, 1.165) is 38.9 Å². The van der Waals surface area contributed by atoms with Gasteiger partial charge in [0.25, 0.3) is 0 Å². The number of benzene rings is 3. The van der Waals surface area contributed by atoms with Gasteiger partial charge in [0.1, 0.15) is 0 Å². The number of carbonyl (C=O) groups is 1. The Morgan fingerprint density at radius 2 is 1.47 bits per heavy atom. The van der Waals surface area contributed by atoms with Crippen molar-refractivity contribution in [1.82, 2.24) is 4.98 Å². The summed E-state index contributed by atoms with van der Waals surface area (Å²) in [6, 6.07) is 31.9. The van der Waals surface area contributed by atoms with Gasteiger partial charge in [-0.25, -0.2) is 9.78 Å². The molecule has 0 atom stereocenters. The van der Waals surface area contributed by atoms with Crippen LogP contribution in [0.2, 0.25) is 0 Å². The van der Waals surface area contributed by atoms with Crippen molar-refractivity contribution in [2.45, 2.75) is 13.1 Å². The molecule has 6 heteroatoms. The second kappa shape index (κ2) is 10.0. The van der Waals surface area contributed by atoms with Crippen molar-refractivity contribution < 1.29 is 9.90 Å². The molecule has 34 heavy (non-hydrogen) atoms. The lowest BCUT2D eigenvalue weighted by Crippen LogP contribution is -2.21. The maximum absolute atomic E-state index is 11.3. The predicted molar refractivity (Wildman–Crippen MR) is 141 cm³/mol. The van der Waals surface area contributed by atoms with Gasteiger partial charge in [0.2, 0.25) is 0 Å². The molecule has 2 heterocycles. The van der Waals surface area contributed by atoms with Crippen molar-refractivity contribution in [3.63, 3.8) is 0 Å². The minimum absolute atomic E-state index is 0.292. The molecule has 2 aromatic heterocycles. The number of nitrogens with zero attached hydrogens (tertiary/aromatic N) is 2. The van der Waals surface area contributed by atoms with Crippen LogP contribution >= 0.6 is 22.7 Å². The molecule has 5 rings (SSSR count). The Hall–Kier alpha value is -3.74. The Balaban J connectivity index is 1.56. The largest absolute Gasteiger partial charge is 0.478 e. The topological polar surface area (TPSA) is 53.4 Å². The molecule has 0 aliphatic heterocycles. The SMILES string of the molecule is O=C(O)c1ccc(CN(Cc2cccs2)c2nc(-c3ccccc3)c(-c3ccccc3)s2)cc1. The zero-order chi connectivity index (χ0) is 23.3. The van der Waals surface area contributed by atoms with Gasteiger partial charge in [-0.1, -0.05) is 90.2 Å². The first-order valence-electron chi connectivity index (χ1n) is 10.9. The molecule has 3 aromatic carbocycles. The van der Waals surface area contributed by atoms with Crippen molar-refractivity contribution in [1.29, 1.82) is 0 Å². The zero-order valence-corrected chi connectivity index (χ0v) is 19.9. The van der Waals surface area contributed by atoms with Crippen molar-refractivity contribution >= 4 is 33.8 Å². The minimum Gasteiger partial charge on any atom is -0.478 e. The van der Waals surface area contributed by atoms with Gasteiger partial charge in [0.05, 0.1) is 22.7 Å². The van der Waals surface area contributed by atoms with Gasteiger partial charge >= 0.3 is 5.97 Å². The van der Waals surface area contributed by atoms with Gasteiger partial charge in [-0.3, -0.25) is 0 Å². The summed E-state index contributed by atoms with van der Waals surface area (Å²) in [6.07, 6.45) is 0. The molecule has 0 fully saturated rings. The predicted octanol–water partition coefficient (Wildman–Crippen LogP) is 7.44. The Morgan fingerprint density at radius 1 is 0.794 bits per heavy atom. The zero-order valence-electron chi connectivity index (χ0n) is 18.3. The monoisotopic (exact) mass is 482 g/mol. The van der Waals surface area contributed by atoms with E-state index < -0.39 is 5.97 Å². The van der Waals surface area contributed by atoms with Crippen LogP contribution in [0.15, 0.2) is 102 Å². The average Bonchev–Trinajstić information content (AvgIpc) is 3.55. The third-order valence-electron chi connectivity index (χ3n) is 5.47. The van der Waals surface area contributed by atoms with Gasteiger partial charge < -0.3 is 10.0 Å². The van der Waals surface area contributed by atoms with Crippen molar-refractivity contribution in [3.05, 3.63) is 118 Å². The van der Waals surface area contributed by atoms with E-state index in [1.54, 1.807) is 34.8 Å². The number of anilines is 1. The molecule has 5 aromatic rings. The first-order chi connectivity index (χ1) is 16.7. The molecule has 0 amide bonds. The number of thiazole rings is 1. The normalized spacial score (nSPS) is 10.8. The molecule has 168 valence electrons. The van der Waals surface area contributed by atoms with E-state index in [1.807, 2.05) is 36.4 Å². The van der Waals surface area contributed by atoms with E-state index in [-0.39, 0.29) is 0 Å². The fourth-order valence-electron chi connectivity index (χ4n) is 3.78. The highest BCUT2D eigenvalue weighted by Crippen LogP contribution is 2.41. The standard InChI is InChI=1S/C28H22N2O2S2/c31-27(32)23-15-13-20(14-16-23)18-30(19-24-12-7-17-33-24)28-29-25(21-8-3-1-4-9-21)26(34-28)22-10-5-2-6-11-22/h1-17H,18-19H2,(H,31,32). The molecule has 0 aliphatic rings. The quantitative estimate of drug-likeness (QED) is 0.250. The Kier molecular flexibility index (Phi) is 6.51. The molecule has 0 radical (unpaired) electrons. The fraction of sp³-hybridized carbons (Fsp3) is 0.0714. The molecule has 0 bridgehead atoms. The molecule has 4 nitrogen and oxygen atoms in total. The molecule has 1 N–H and O–H groups in total. The van der Waals surface area contributed by atoms with Gasteiger partial charge in [-0.05, 0) is 34.7 Å². The third-order valence-corrected chi connectivity index (χ3v) is 7.50. The van der Waals surface area contributed by atoms with E-state index in [1.165, 1.54) is 4.88 Å². The molecular formula is C28H22N2O2S2. The van der Waals surface area contributed by atoms with E-state index in [9.17, 15) is 9.90 Å². The summed E-state index contributed by atoms with van der Waals surface area (Å²) in [5.41, 5.74) is 4.54. The van der Waals surface area contributed by atoms with E-state index >= 15 is 0 Å². The number of carboxylic acid groups (broad SMARTS) is 1. The molecule has 0 saturated heterocycles. The Morgan fingerprint density at radius 3 is 2.09 bits per heavy atom. The summed E-state index contributed by atoms with van der Waals surface area (Å²) in [5.74, 6) is -0.915. The fourth-order valence-corrected chi connectivity index (χ4v) is 5.59. The molecule has 0 aliphatic carbocycles. The van der Waals surface area contributed by atoms with Crippen molar-refractivity contribution in [2.75, 3.05) is 4.90 Å². The van der Waals surface area contributed by atoms with E-state index in [0.29, 0.717) is 12.1 Å². The van der Waals surface area contributed by atoms with Crippen LogP contribution < -0.4 is 4.90 Å². The highest BCUT2D eigenvalue weighted by Gasteiger charge is 2.20. The lowest BCUT2D eigenvalue weighted by Gasteiger charge is -2.21. The van der Waals surface area contributed by atoms with Crippen LogP contribution in [0.5, 0.6) is 0 Å². The van der Waals surface area contributed by atoms with Gasteiger partial charge in [0.15, 0.2) is 5.13 Å². The van der Waals surface area contributed by atoms with Crippen LogP contribution in [-0.2, 0) is 13.1 Å². The second-order valence-corrected chi connectivity index (χ2v) is 9.85. The summed E-state index contributed by atoms with van der Waals surface area (Å²) >= 11 is 3.41. The Labute approximate surface area is 206 Å². The molecule has 0 saturated carbocycles. The lowest BCUT2D eigenvalue weighted by atomic mass is 10.1. The van der Waals surface area contributed by atoms with E-state index in [2.05, 4.69) is 58.8 Å². The van der Waals surface area contributed by atoms with Crippen LogP contribution in [-0.4, -0.2) is 16.1 Å². The van der Waals surface area contributed by atoms with Crippen LogP contribution in [0, 0.1) is 0 Å². The highest BCUT2D eigenvalue weighted by atomic mass is 32.1. The highest BCUT2D eigenvalue weighted by molar-refractivity contribution is 7.19. The smallest absolute Gasteiger partial charge is 0.335 e. The number of rotatable bonds is 8. The number of hydrogen-bond donors (Lipinski definition) is 1. The first kappa shape index (κ1) is 22.1. The second-order valence-electron chi connectivity index (χ2n) is 7.84. The van der Waals surface area contributed by atoms with Crippen LogP contribution in [0.4, 0.5) is 5.13 Å². The van der Waals surface area contributed by atoms with Gasteiger partial charge in [0, 0.05) is 17.0 Å². The molecule has 0 unspecified atom stereocenters. The maximum Gasteiger partial charge on any atom is 0.335 e. The summed E-state index contributed by atoms with van der Waals surface area (Å²) in [4.78, 5) is 21.1. The number of aromatic carboxylic acids is 1.